The molecule has 2 aromatic carbocycles. The lowest BCUT2D eigenvalue weighted by atomic mass is 10.1. The van der Waals surface area contributed by atoms with E-state index >= 15 is 0 Å². The second-order valence-electron chi connectivity index (χ2n) is 8.09. The third kappa shape index (κ3) is 4.93. The van der Waals surface area contributed by atoms with Crippen LogP contribution < -0.4 is 4.74 Å². The fourth-order valence-corrected chi connectivity index (χ4v) is 4.97. The smallest absolute Gasteiger partial charge is 0.254 e. The van der Waals surface area contributed by atoms with E-state index in [9.17, 15) is 4.79 Å². The van der Waals surface area contributed by atoms with Gasteiger partial charge >= 0.3 is 0 Å². The summed E-state index contributed by atoms with van der Waals surface area (Å²) in [6.07, 6.45) is 3.63. The number of nitrogens with zero attached hydrogens (tertiary/aromatic N) is 4. The van der Waals surface area contributed by atoms with Gasteiger partial charge in [0.15, 0.2) is 5.16 Å². The summed E-state index contributed by atoms with van der Waals surface area (Å²) in [5.74, 6) is 1.65. The summed E-state index contributed by atoms with van der Waals surface area (Å²) in [7, 11) is 1.68. The van der Waals surface area contributed by atoms with E-state index in [2.05, 4.69) is 15.6 Å². The summed E-state index contributed by atoms with van der Waals surface area (Å²) < 4.78 is 12.9. The van der Waals surface area contributed by atoms with Gasteiger partial charge in [0.1, 0.15) is 5.75 Å². The monoisotopic (exact) mass is 474 g/mol. The molecule has 34 heavy (non-hydrogen) atoms. The fraction of sp³-hybridized carbons (Fsp3) is 0.269. The number of morpholine rings is 1. The molecule has 8 heteroatoms. The number of methoxy groups -OCH3 is 1. The second-order valence-corrected chi connectivity index (χ2v) is 9.03. The van der Waals surface area contributed by atoms with Gasteiger partial charge in [0.05, 0.1) is 44.1 Å². The van der Waals surface area contributed by atoms with Crippen LogP contribution in [0.15, 0.2) is 72.1 Å². The Balaban J connectivity index is 1.32. The van der Waals surface area contributed by atoms with Crippen LogP contribution in [0.3, 0.4) is 0 Å². The molecule has 0 bridgehead atoms. The van der Waals surface area contributed by atoms with E-state index in [1.54, 1.807) is 25.1 Å². The lowest BCUT2D eigenvalue weighted by Crippen LogP contribution is -2.40. The minimum atomic E-state index is 0.0649. The van der Waals surface area contributed by atoms with Gasteiger partial charge in [-0.1, -0.05) is 36.0 Å². The van der Waals surface area contributed by atoms with Crippen LogP contribution >= 0.6 is 11.8 Å². The number of hydrogen-bond acceptors (Lipinski definition) is 6. The lowest BCUT2D eigenvalue weighted by Gasteiger charge is -2.26. The van der Waals surface area contributed by atoms with Crippen molar-refractivity contribution in [1.82, 2.24) is 19.4 Å². The number of amides is 1. The summed E-state index contributed by atoms with van der Waals surface area (Å²) in [5.41, 5.74) is 4.91. The molecule has 1 saturated heterocycles. The molecular formula is C26H26N4O3S. The maximum absolute atomic E-state index is 12.7. The van der Waals surface area contributed by atoms with Crippen molar-refractivity contribution < 1.29 is 14.3 Å². The van der Waals surface area contributed by atoms with E-state index in [0.717, 1.165) is 38.8 Å². The van der Waals surface area contributed by atoms with E-state index in [-0.39, 0.29) is 5.91 Å². The van der Waals surface area contributed by atoms with Crippen LogP contribution in [-0.2, 0) is 17.0 Å². The molecule has 1 amide bonds. The van der Waals surface area contributed by atoms with Crippen LogP contribution in [0.1, 0.15) is 21.5 Å². The van der Waals surface area contributed by atoms with Gasteiger partial charge in [-0.15, -0.1) is 0 Å². The number of imidazole rings is 1. The molecule has 2 aromatic heterocycles. The first-order valence-corrected chi connectivity index (χ1v) is 12.2. The first kappa shape index (κ1) is 22.4. The molecule has 0 radical (unpaired) electrons. The summed E-state index contributed by atoms with van der Waals surface area (Å²) in [6, 6.07) is 17.9. The van der Waals surface area contributed by atoms with Crippen molar-refractivity contribution in [2.24, 2.45) is 0 Å². The number of carbonyl (C=O) groups is 1. The zero-order valence-electron chi connectivity index (χ0n) is 19.0. The van der Waals surface area contributed by atoms with Gasteiger partial charge < -0.3 is 18.9 Å². The third-order valence-electron chi connectivity index (χ3n) is 5.86. The predicted octanol–water partition coefficient (Wildman–Crippen LogP) is 4.25. The van der Waals surface area contributed by atoms with Gasteiger partial charge in [0.2, 0.25) is 0 Å². The van der Waals surface area contributed by atoms with E-state index in [1.807, 2.05) is 59.6 Å². The lowest BCUT2D eigenvalue weighted by molar-refractivity contribution is 0.0303. The van der Waals surface area contributed by atoms with Crippen LogP contribution in [-0.4, -0.2) is 58.8 Å². The SMILES string of the molecule is COc1cccc(Cn2c(SCc3ccc(C(=O)N4CCOCC4)cc3)nc3ccncc32)c1. The molecule has 0 aliphatic carbocycles. The predicted molar refractivity (Wildman–Crippen MR) is 132 cm³/mol. The number of hydrogen-bond donors (Lipinski definition) is 0. The average molecular weight is 475 g/mol. The maximum atomic E-state index is 12.7. The van der Waals surface area contributed by atoms with E-state index in [1.165, 1.54) is 0 Å². The normalized spacial score (nSPS) is 13.9. The fourth-order valence-electron chi connectivity index (χ4n) is 4.00. The Morgan fingerprint density at radius 1 is 1.09 bits per heavy atom. The van der Waals surface area contributed by atoms with Crippen molar-refractivity contribution >= 4 is 28.7 Å². The zero-order chi connectivity index (χ0) is 23.3. The molecule has 0 unspecified atom stereocenters. The van der Waals surface area contributed by atoms with Gasteiger partial charge in [0, 0.05) is 30.6 Å². The Kier molecular flexibility index (Phi) is 6.78. The highest BCUT2D eigenvalue weighted by Gasteiger charge is 2.18. The van der Waals surface area contributed by atoms with Gasteiger partial charge in [0.25, 0.3) is 5.91 Å². The van der Waals surface area contributed by atoms with Crippen LogP contribution in [0.5, 0.6) is 5.75 Å². The Hall–Kier alpha value is -3.36. The maximum Gasteiger partial charge on any atom is 0.254 e. The van der Waals surface area contributed by atoms with Crippen molar-refractivity contribution in [2.45, 2.75) is 17.5 Å². The largest absolute Gasteiger partial charge is 0.497 e. The number of carbonyl (C=O) groups excluding carboxylic acids is 1. The van der Waals surface area contributed by atoms with E-state index in [4.69, 9.17) is 14.5 Å². The van der Waals surface area contributed by atoms with E-state index in [0.29, 0.717) is 38.4 Å². The molecule has 1 fully saturated rings. The number of rotatable bonds is 7. The summed E-state index contributed by atoms with van der Waals surface area (Å²) in [6.45, 7) is 3.18. The zero-order valence-corrected chi connectivity index (χ0v) is 19.8. The van der Waals surface area contributed by atoms with Crippen LogP contribution in [0.25, 0.3) is 11.0 Å². The van der Waals surface area contributed by atoms with Crippen molar-refractivity contribution in [1.29, 1.82) is 0 Å². The van der Waals surface area contributed by atoms with Gasteiger partial charge in [-0.2, -0.15) is 0 Å². The third-order valence-corrected chi connectivity index (χ3v) is 6.91. The van der Waals surface area contributed by atoms with Crippen molar-refractivity contribution in [2.75, 3.05) is 33.4 Å². The highest BCUT2D eigenvalue weighted by molar-refractivity contribution is 7.98. The van der Waals surface area contributed by atoms with Crippen LogP contribution in [0.2, 0.25) is 0 Å². The van der Waals surface area contributed by atoms with E-state index < -0.39 is 0 Å². The second kappa shape index (κ2) is 10.3. The summed E-state index contributed by atoms with van der Waals surface area (Å²) in [4.78, 5) is 23.7. The molecule has 0 saturated carbocycles. The van der Waals surface area contributed by atoms with Gasteiger partial charge in [-0.05, 0) is 41.5 Å². The Morgan fingerprint density at radius 2 is 1.91 bits per heavy atom. The first-order valence-electron chi connectivity index (χ1n) is 11.2. The highest BCUT2D eigenvalue weighted by atomic mass is 32.2. The van der Waals surface area contributed by atoms with Crippen molar-refractivity contribution in [3.63, 3.8) is 0 Å². The number of aromatic nitrogens is 3. The Morgan fingerprint density at radius 3 is 2.71 bits per heavy atom. The molecule has 7 nitrogen and oxygen atoms in total. The van der Waals surface area contributed by atoms with Crippen LogP contribution in [0, 0.1) is 0 Å². The molecule has 5 rings (SSSR count). The molecule has 0 atom stereocenters. The average Bonchev–Trinajstić information content (AvgIpc) is 3.25. The number of pyridine rings is 1. The number of ether oxygens (including phenoxy) is 2. The van der Waals surface area contributed by atoms with Crippen molar-refractivity contribution in [3.05, 3.63) is 83.7 Å². The summed E-state index contributed by atoms with van der Waals surface area (Å²) in [5, 5.41) is 0.930. The van der Waals surface area contributed by atoms with Crippen LogP contribution in [0.4, 0.5) is 0 Å². The Bertz CT molecular complexity index is 1280. The van der Waals surface area contributed by atoms with Gasteiger partial charge in [-0.25, -0.2) is 4.98 Å². The number of benzene rings is 2. The van der Waals surface area contributed by atoms with Gasteiger partial charge in [-0.3, -0.25) is 9.78 Å². The molecular weight excluding hydrogens is 448 g/mol. The minimum absolute atomic E-state index is 0.0649. The standard InChI is InChI=1S/C26H26N4O3S/c1-32-22-4-2-3-20(15-22)17-30-24-16-27-10-9-23(24)28-26(30)34-18-19-5-7-21(8-6-19)25(31)29-11-13-33-14-12-29/h2-10,15-16H,11-14,17-18H2,1H3. The van der Waals surface area contributed by atoms with Crippen molar-refractivity contribution in [3.8, 4) is 5.75 Å². The quantitative estimate of drug-likeness (QED) is 0.373. The topological polar surface area (TPSA) is 69.5 Å². The number of thioether (sulfide) groups is 1. The number of fused-ring (bicyclic) bond motifs is 1. The minimum Gasteiger partial charge on any atom is -0.497 e. The summed E-state index contributed by atoms with van der Waals surface area (Å²) >= 11 is 1.68. The molecule has 174 valence electrons. The molecule has 1 aliphatic heterocycles. The molecule has 0 N–H and O–H groups in total. The molecule has 0 spiro atoms. The Labute approximate surface area is 202 Å². The molecule has 3 heterocycles. The first-order chi connectivity index (χ1) is 16.7. The highest BCUT2D eigenvalue weighted by Crippen LogP contribution is 2.28. The molecule has 1 aliphatic rings. The molecule has 4 aromatic rings.